The molecule has 1 aliphatic rings. The summed E-state index contributed by atoms with van der Waals surface area (Å²) in [5.41, 5.74) is 0.595. The standard InChI is InChI=1S/C19H34N2O3S/c1-13(2)17(22)21-16(9-11-25(6)24)18(23)20-15-8-7-10-19(5,12-15)14(3)4/h14-16H,1,7-12H2,2-6H3,(H,20,23)(H,21,22)/t15-,16+,19+,25?/m1/s1. The molecule has 5 nitrogen and oxygen atoms in total. The van der Waals surface area contributed by atoms with Crippen LogP contribution in [0.5, 0.6) is 0 Å². The Morgan fingerprint density at radius 2 is 2.00 bits per heavy atom. The van der Waals surface area contributed by atoms with E-state index >= 15 is 0 Å². The van der Waals surface area contributed by atoms with E-state index in [4.69, 9.17) is 0 Å². The van der Waals surface area contributed by atoms with Crippen molar-refractivity contribution in [2.24, 2.45) is 11.3 Å². The Kier molecular flexibility index (Phi) is 8.32. The SMILES string of the molecule is C=C(C)C(=O)N[C@@H](CCS(C)=O)C(=O)N[C@@H]1CCC[C@](C)(C(C)C)C1. The van der Waals surface area contributed by atoms with Gasteiger partial charge in [0.25, 0.3) is 0 Å². The Morgan fingerprint density at radius 3 is 2.52 bits per heavy atom. The molecule has 1 saturated carbocycles. The predicted octanol–water partition coefficient (Wildman–Crippen LogP) is 2.54. The molecule has 0 aromatic heterocycles. The van der Waals surface area contributed by atoms with Gasteiger partial charge in [-0.15, -0.1) is 0 Å². The highest BCUT2D eigenvalue weighted by Gasteiger charge is 2.36. The molecule has 0 radical (unpaired) electrons. The fourth-order valence-corrected chi connectivity index (χ4v) is 3.87. The van der Waals surface area contributed by atoms with Crippen molar-refractivity contribution in [1.29, 1.82) is 0 Å². The van der Waals surface area contributed by atoms with Crippen molar-refractivity contribution < 1.29 is 13.8 Å². The summed E-state index contributed by atoms with van der Waals surface area (Å²) in [4.78, 5) is 24.6. The van der Waals surface area contributed by atoms with Crippen molar-refractivity contribution in [1.82, 2.24) is 10.6 Å². The third-order valence-electron chi connectivity index (χ3n) is 5.46. The molecule has 0 aromatic carbocycles. The van der Waals surface area contributed by atoms with Crippen LogP contribution in [0.25, 0.3) is 0 Å². The molecule has 2 amide bonds. The van der Waals surface area contributed by atoms with Crippen molar-refractivity contribution in [3.8, 4) is 0 Å². The zero-order chi connectivity index (χ0) is 19.2. The molecule has 0 aliphatic heterocycles. The van der Waals surface area contributed by atoms with E-state index in [9.17, 15) is 13.8 Å². The third kappa shape index (κ3) is 6.92. The quantitative estimate of drug-likeness (QED) is 0.645. The van der Waals surface area contributed by atoms with E-state index in [-0.39, 0.29) is 23.3 Å². The van der Waals surface area contributed by atoms with Crippen LogP contribution in [-0.2, 0) is 20.4 Å². The second-order valence-corrected chi connectivity index (χ2v) is 9.54. The molecule has 0 heterocycles. The maximum absolute atomic E-state index is 12.7. The van der Waals surface area contributed by atoms with Gasteiger partial charge in [0.05, 0.1) is 0 Å². The van der Waals surface area contributed by atoms with Gasteiger partial charge in [-0.3, -0.25) is 13.8 Å². The summed E-state index contributed by atoms with van der Waals surface area (Å²) in [6.07, 6.45) is 6.17. The first kappa shape index (κ1) is 21.9. The lowest BCUT2D eigenvalue weighted by Gasteiger charge is -2.42. The van der Waals surface area contributed by atoms with Crippen LogP contribution in [0.2, 0.25) is 0 Å². The van der Waals surface area contributed by atoms with E-state index in [0.29, 0.717) is 23.7 Å². The van der Waals surface area contributed by atoms with Crippen LogP contribution >= 0.6 is 0 Å². The molecule has 0 saturated heterocycles. The molecule has 1 unspecified atom stereocenters. The summed E-state index contributed by atoms with van der Waals surface area (Å²) in [5.74, 6) is 0.424. The Bertz CT molecular complexity index is 533. The van der Waals surface area contributed by atoms with E-state index in [0.717, 1.165) is 19.3 Å². The minimum absolute atomic E-state index is 0.130. The van der Waals surface area contributed by atoms with Gasteiger partial charge < -0.3 is 10.6 Å². The second kappa shape index (κ2) is 9.51. The molecule has 0 bridgehead atoms. The van der Waals surface area contributed by atoms with Crippen LogP contribution < -0.4 is 10.6 Å². The maximum Gasteiger partial charge on any atom is 0.246 e. The highest BCUT2D eigenvalue weighted by atomic mass is 32.2. The molecule has 1 fully saturated rings. The number of hydrogen-bond donors (Lipinski definition) is 2. The van der Waals surface area contributed by atoms with E-state index in [2.05, 4.69) is 38.0 Å². The molecule has 25 heavy (non-hydrogen) atoms. The number of carbonyl (C=O) groups excluding carboxylic acids is 2. The summed E-state index contributed by atoms with van der Waals surface area (Å²) >= 11 is 0. The van der Waals surface area contributed by atoms with E-state index in [1.54, 1.807) is 13.2 Å². The molecular weight excluding hydrogens is 336 g/mol. The van der Waals surface area contributed by atoms with Crippen molar-refractivity contribution in [2.45, 2.75) is 71.9 Å². The minimum atomic E-state index is -1.01. The molecule has 1 aliphatic carbocycles. The average molecular weight is 371 g/mol. The lowest BCUT2D eigenvalue weighted by molar-refractivity contribution is -0.128. The summed E-state index contributed by atoms with van der Waals surface area (Å²) in [5, 5.41) is 5.83. The first-order valence-corrected chi connectivity index (χ1v) is 10.8. The van der Waals surface area contributed by atoms with Crippen molar-refractivity contribution in [2.75, 3.05) is 12.0 Å². The minimum Gasteiger partial charge on any atom is -0.352 e. The summed E-state index contributed by atoms with van der Waals surface area (Å²) < 4.78 is 11.4. The van der Waals surface area contributed by atoms with E-state index in [1.807, 2.05) is 0 Å². The van der Waals surface area contributed by atoms with Gasteiger partial charge in [0.2, 0.25) is 11.8 Å². The Balaban J connectivity index is 2.74. The number of hydrogen-bond acceptors (Lipinski definition) is 3. The monoisotopic (exact) mass is 370 g/mol. The summed E-state index contributed by atoms with van der Waals surface area (Å²) in [6, 6.07) is -0.537. The van der Waals surface area contributed by atoms with E-state index in [1.165, 1.54) is 6.42 Å². The van der Waals surface area contributed by atoms with Gasteiger partial charge in [-0.05, 0) is 43.9 Å². The van der Waals surface area contributed by atoms with Crippen molar-refractivity contribution in [3.63, 3.8) is 0 Å². The van der Waals surface area contributed by atoms with Gasteiger partial charge in [-0.25, -0.2) is 0 Å². The van der Waals surface area contributed by atoms with Crippen LogP contribution in [0.4, 0.5) is 0 Å². The predicted molar refractivity (Wildman–Crippen MR) is 104 cm³/mol. The molecule has 144 valence electrons. The molecule has 4 atom stereocenters. The highest BCUT2D eigenvalue weighted by Crippen LogP contribution is 2.41. The highest BCUT2D eigenvalue weighted by molar-refractivity contribution is 7.84. The van der Waals surface area contributed by atoms with Gasteiger partial charge >= 0.3 is 0 Å². The largest absolute Gasteiger partial charge is 0.352 e. The van der Waals surface area contributed by atoms with Gasteiger partial charge in [-0.1, -0.05) is 33.8 Å². The van der Waals surface area contributed by atoms with Crippen molar-refractivity contribution in [3.05, 3.63) is 12.2 Å². The Labute approximate surface area is 154 Å². The number of rotatable bonds is 8. The van der Waals surface area contributed by atoms with Crippen LogP contribution in [0.15, 0.2) is 12.2 Å². The Morgan fingerprint density at radius 1 is 1.36 bits per heavy atom. The van der Waals surface area contributed by atoms with Gasteiger partial charge in [0.15, 0.2) is 0 Å². The first-order valence-electron chi connectivity index (χ1n) is 9.12. The zero-order valence-electron chi connectivity index (χ0n) is 16.3. The molecule has 0 aromatic rings. The van der Waals surface area contributed by atoms with Crippen LogP contribution in [0.3, 0.4) is 0 Å². The Hall–Kier alpha value is -1.17. The molecular formula is C19H34N2O3S. The van der Waals surface area contributed by atoms with Gasteiger partial charge in [-0.2, -0.15) is 0 Å². The fraction of sp³-hybridized carbons (Fsp3) is 0.789. The molecule has 1 rings (SSSR count). The van der Waals surface area contributed by atoms with E-state index < -0.39 is 16.8 Å². The number of carbonyl (C=O) groups is 2. The normalized spacial score (nSPS) is 25.9. The maximum atomic E-state index is 12.7. The lowest BCUT2D eigenvalue weighted by Crippen LogP contribution is -2.52. The summed E-state index contributed by atoms with van der Waals surface area (Å²) in [7, 11) is -1.01. The molecule has 2 N–H and O–H groups in total. The molecule has 6 heteroatoms. The number of amides is 2. The van der Waals surface area contributed by atoms with Crippen LogP contribution in [0, 0.1) is 11.3 Å². The average Bonchev–Trinajstić information content (AvgIpc) is 2.50. The molecule has 0 spiro atoms. The van der Waals surface area contributed by atoms with Gasteiger partial charge in [0.1, 0.15) is 6.04 Å². The van der Waals surface area contributed by atoms with Gasteiger partial charge in [0, 0.05) is 34.4 Å². The van der Waals surface area contributed by atoms with Crippen LogP contribution in [-0.4, -0.2) is 40.1 Å². The zero-order valence-corrected chi connectivity index (χ0v) is 17.1. The first-order chi connectivity index (χ1) is 11.5. The lowest BCUT2D eigenvalue weighted by atomic mass is 9.67. The summed E-state index contributed by atoms with van der Waals surface area (Å²) in [6.45, 7) is 12.0. The van der Waals surface area contributed by atoms with Crippen molar-refractivity contribution >= 4 is 22.6 Å². The van der Waals surface area contributed by atoms with Crippen LogP contribution in [0.1, 0.15) is 59.8 Å². The second-order valence-electron chi connectivity index (χ2n) is 7.98. The number of nitrogens with one attached hydrogen (secondary N) is 2. The topological polar surface area (TPSA) is 75.3 Å². The smallest absolute Gasteiger partial charge is 0.246 e. The third-order valence-corrected chi connectivity index (χ3v) is 6.27. The fourth-order valence-electron chi connectivity index (χ4n) is 3.30.